The Morgan fingerprint density at radius 2 is 2.43 bits per heavy atom. The molecule has 0 aromatic carbocycles. The van der Waals surface area contributed by atoms with Gasteiger partial charge < -0.3 is 10.4 Å². The Bertz CT molecular complexity index is 313. The van der Waals surface area contributed by atoms with E-state index in [9.17, 15) is 4.79 Å². The molecule has 1 aromatic rings. The highest BCUT2D eigenvalue weighted by Crippen LogP contribution is 2.10. The first-order valence-electron chi connectivity index (χ1n) is 4.42. The van der Waals surface area contributed by atoms with Crippen LogP contribution >= 0.6 is 11.5 Å². The molecule has 1 aromatic heterocycles. The largest absolute Gasteiger partial charge is 0.394 e. The van der Waals surface area contributed by atoms with Crippen LogP contribution in [0, 0.1) is 0 Å². The summed E-state index contributed by atoms with van der Waals surface area (Å²) in [5.74, 6) is -0.210. The number of aliphatic hydroxyl groups is 1. The molecule has 1 heterocycles. The topological polar surface area (TPSA) is 75.1 Å². The molecule has 0 bridgehead atoms. The van der Waals surface area contributed by atoms with Crippen LogP contribution in [-0.2, 0) is 6.42 Å². The molecule has 78 valence electrons. The van der Waals surface area contributed by atoms with E-state index < -0.39 is 0 Å². The van der Waals surface area contributed by atoms with Gasteiger partial charge >= 0.3 is 0 Å². The van der Waals surface area contributed by atoms with E-state index in [1.54, 1.807) is 6.92 Å². The van der Waals surface area contributed by atoms with Gasteiger partial charge in [0, 0.05) is 6.04 Å². The summed E-state index contributed by atoms with van der Waals surface area (Å²) in [6, 6.07) is -0.241. The molecule has 0 spiro atoms. The molecule has 14 heavy (non-hydrogen) atoms. The number of aromatic nitrogens is 2. The van der Waals surface area contributed by atoms with Gasteiger partial charge in [-0.05, 0) is 24.9 Å². The van der Waals surface area contributed by atoms with Gasteiger partial charge in [-0.25, -0.2) is 0 Å². The van der Waals surface area contributed by atoms with Crippen molar-refractivity contribution in [3.8, 4) is 0 Å². The molecule has 0 radical (unpaired) electrons. The summed E-state index contributed by atoms with van der Waals surface area (Å²) in [7, 11) is 0. The molecule has 2 N–H and O–H groups in total. The maximum atomic E-state index is 11.6. The molecular formula is C8H13N3O2S. The van der Waals surface area contributed by atoms with Gasteiger partial charge in [-0.15, -0.1) is 5.10 Å². The summed E-state index contributed by atoms with van der Waals surface area (Å²) in [6.07, 6.45) is 0.687. The fourth-order valence-electron chi connectivity index (χ4n) is 0.947. The van der Waals surface area contributed by atoms with Gasteiger partial charge in [0.1, 0.15) is 4.88 Å². The van der Waals surface area contributed by atoms with E-state index in [2.05, 4.69) is 14.9 Å². The maximum Gasteiger partial charge on any atom is 0.265 e. The lowest BCUT2D eigenvalue weighted by molar-refractivity contribution is 0.0925. The Hall–Kier alpha value is -1.01. The number of aryl methyl sites for hydroxylation is 1. The van der Waals surface area contributed by atoms with Crippen molar-refractivity contribution in [1.82, 2.24) is 14.9 Å². The molecule has 0 unspecified atom stereocenters. The summed E-state index contributed by atoms with van der Waals surface area (Å²) < 4.78 is 3.72. The summed E-state index contributed by atoms with van der Waals surface area (Å²) in [5, 5.41) is 15.2. The highest BCUT2D eigenvalue weighted by Gasteiger charge is 2.16. The van der Waals surface area contributed by atoms with Crippen LogP contribution in [0.1, 0.15) is 29.2 Å². The van der Waals surface area contributed by atoms with Gasteiger partial charge in [0.05, 0.1) is 12.3 Å². The fourth-order valence-corrected chi connectivity index (χ4v) is 1.60. The van der Waals surface area contributed by atoms with Crippen molar-refractivity contribution in [3.63, 3.8) is 0 Å². The highest BCUT2D eigenvalue weighted by atomic mass is 32.1. The van der Waals surface area contributed by atoms with Gasteiger partial charge in [0.25, 0.3) is 5.91 Å². The van der Waals surface area contributed by atoms with E-state index in [4.69, 9.17) is 5.11 Å². The Kier molecular flexibility index (Phi) is 3.97. The number of rotatable bonds is 4. The van der Waals surface area contributed by atoms with Crippen molar-refractivity contribution >= 4 is 17.4 Å². The molecule has 5 nitrogen and oxygen atoms in total. The number of carbonyl (C=O) groups is 1. The fraction of sp³-hybridized carbons (Fsp3) is 0.625. The van der Waals surface area contributed by atoms with E-state index in [-0.39, 0.29) is 18.6 Å². The summed E-state index contributed by atoms with van der Waals surface area (Å²) in [6.45, 7) is 3.58. The Morgan fingerprint density at radius 1 is 1.71 bits per heavy atom. The molecule has 1 amide bonds. The standard InChI is InChI=1S/C8H13N3O2S/c1-3-6-7(14-11-10-6)8(13)9-5(2)4-12/h5,12H,3-4H2,1-2H3,(H,9,13)/t5-/m0/s1. The molecule has 1 rings (SSSR count). The van der Waals surface area contributed by atoms with Crippen molar-refractivity contribution in [3.05, 3.63) is 10.6 Å². The van der Waals surface area contributed by atoms with E-state index in [0.717, 1.165) is 11.5 Å². The van der Waals surface area contributed by atoms with Gasteiger partial charge in [-0.2, -0.15) is 0 Å². The average Bonchev–Trinajstić information content (AvgIpc) is 2.65. The quantitative estimate of drug-likeness (QED) is 0.753. The summed E-state index contributed by atoms with van der Waals surface area (Å²) in [5.41, 5.74) is 0.706. The number of hydrogen-bond donors (Lipinski definition) is 2. The molecule has 0 fully saturated rings. The van der Waals surface area contributed by atoms with Crippen LogP contribution < -0.4 is 5.32 Å². The molecule has 6 heteroatoms. The predicted octanol–water partition coefficient (Wildman–Crippen LogP) is 0.211. The van der Waals surface area contributed by atoms with Crippen molar-refractivity contribution in [2.75, 3.05) is 6.61 Å². The zero-order valence-electron chi connectivity index (χ0n) is 8.15. The number of carbonyl (C=O) groups excluding carboxylic acids is 1. The second-order valence-corrected chi connectivity index (χ2v) is 3.71. The predicted molar refractivity (Wildman–Crippen MR) is 53.3 cm³/mol. The minimum absolute atomic E-state index is 0.0700. The third-order valence-corrected chi connectivity index (χ3v) is 2.52. The second-order valence-electron chi connectivity index (χ2n) is 2.96. The molecule has 1 atom stereocenters. The van der Waals surface area contributed by atoms with Crippen LogP contribution in [0.5, 0.6) is 0 Å². The number of nitrogens with zero attached hydrogens (tertiary/aromatic N) is 2. The Labute approximate surface area is 86.3 Å². The van der Waals surface area contributed by atoms with Gasteiger partial charge in [0.2, 0.25) is 0 Å². The summed E-state index contributed by atoms with van der Waals surface area (Å²) >= 11 is 1.08. The SMILES string of the molecule is CCc1nnsc1C(=O)N[C@@H](C)CO. The van der Waals surface area contributed by atoms with E-state index in [1.807, 2.05) is 6.92 Å². The second kappa shape index (κ2) is 5.02. The van der Waals surface area contributed by atoms with Crippen molar-refractivity contribution in [1.29, 1.82) is 0 Å². The van der Waals surface area contributed by atoms with Gasteiger partial charge in [0.15, 0.2) is 0 Å². The molecule has 0 aliphatic carbocycles. The lowest BCUT2D eigenvalue weighted by Crippen LogP contribution is -2.35. The minimum atomic E-state index is -0.241. The van der Waals surface area contributed by atoms with Crippen LogP contribution in [0.25, 0.3) is 0 Å². The minimum Gasteiger partial charge on any atom is -0.394 e. The average molecular weight is 215 g/mol. The molecule has 0 saturated heterocycles. The van der Waals surface area contributed by atoms with Crippen LogP contribution in [0.15, 0.2) is 0 Å². The van der Waals surface area contributed by atoms with Crippen LogP contribution in [0.4, 0.5) is 0 Å². The van der Waals surface area contributed by atoms with Gasteiger partial charge in [-0.3, -0.25) is 4.79 Å². The lowest BCUT2D eigenvalue weighted by Gasteiger charge is -2.09. The molecule has 0 saturated carbocycles. The lowest BCUT2D eigenvalue weighted by atomic mass is 10.2. The molecular weight excluding hydrogens is 202 g/mol. The molecule has 0 aliphatic rings. The number of hydrogen-bond acceptors (Lipinski definition) is 5. The van der Waals surface area contributed by atoms with Crippen molar-refractivity contribution in [2.24, 2.45) is 0 Å². The normalized spacial score (nSPS) is 12.5. The van der Waals surface area contributed by atoms with E-state index in [1.165, 1.54) is 0 Å². The zero-order valence-corrected chi connectivity index (χ0v) is 8.97. The third-order valence-electron chi connectivity index (χ3n) is 1.75. The number of nitrogens with one attached hydrogen (secondary N) is 1. The monoisotopic (exact) mass is 215 g/mol. The van der Waals surface area contributed by atoms with Gasteiger partial charge in [-0.1, -0.05) is 11.4 Å². The first-order chi connectivity index (χ1) is 6.69. The highest BCUT2D eigenvalue weighted by molar-refractivity contribution is 7.08. The first-order valence-corrected chi connectivity index (χ1v) is 5.19. The van der Waals surface area contributed by atoms with Crippen LogP contribution in [-0.4, -0.2) is 33.2 Å². The van der Waals surface area contributed by atoms with E-state index in [0.29, 0.717) is 17.0 Å². The maximum absolute atomic E-state index is 11.6. The Morgan fingerprint density at radius 3 is 3.00 bits per heavy atom. The van der Waals surface area contributed by atoms with Crippen LogP contribution in [0.3, 0.4) is 0 Å². The molecule has 0 aliphatic heterocycles. The van der Waals surface area contributed by atoms with Crippen LogP contribution in [0.2, 0.25) is 0 Å². The number of amides is 1. The van der Waals surface area contributed by atoms with Crippen molar-refractivity contribution < 1.29 is 9.90 Å². The summed E-state index contributed by atoms with van der Waals surface area (Å²) in [4.78, 5) is 12.1. The smallest absolute Gasteiger partial charge is 0.265 e. The third kappa shape index (κ3) is 2.49. The Balaban J connectivity index is 2.69. The van der Waals surface area contributed by atoms with E-state index >= 15 is 0 Å². The first kappa shape index (κ1) is 11.1. The zero-order chi connectivity index (χ0) is 10.6. The van der Waals surface area contributed by atoms with Crippen molar-refractivity contribution in [2.45, 2.75) is 26.3 Å². The number of aliphatic hydroxyl groups excluding tert-OH is 1.